The summed E-state index contributed by atoms with van der Waals surface area (Å²) in [6.45, 7) is 0. The molecule has 0 saturated heterocycles. The lowest BCUT2D eigenvalue weighted by atomic mass is 10.2. The first-order chi connectivity index (χ1) is 6.75. The van der Waals surface area contributed by atoms with E-state index in [9.17, 15) is 4.79 Å². The minimum Gasteiger partial charge on any atom is -0.292 e. The van der Waals surface area contributed by atoms with E-state index in [1.807, 2.05) is 19.3 Å². The van der Waals surface area contributed by atoms with Crippen LogP contribution in [0.2, 0.25) is 0 Å². The molecule has 0 bridgehead atoms. The molecule has 72 valence electrons. The predicted molar refractivity (Wildman–Crippen MR) is 51.2 cm³/mol. The smallest absolute Gasteiger partial charge is 0.190 e. The molecule has 0 saturated carbocycles. The number of aromatic nitrogens is 4. The van der Waals surface area contributed by atoms with Crippen molar-refractivity contribution in [1.82, 2.24) is 19.4 Å². The van der Waals surface area contributed by atoms with E-state index in [2.05, 4.69) is 14.7 Å². The summed E-state index contributed by atoms with van der Waals surface area (Å²) in [5.41, 5.74) is 1.17. The number of rotatable bonds is 3. The van der Waals surface area contributed by atoms with Crippen LogP contribution in [0.1, 0.15) is 16.2 Å². The summed E-state index contributed by atoms with van der Waals surface area (Å²) in [4.78, 5) is 11.5. The van der Waals surface area contributed by atoms with Crippen molar-refractivity contribution in [2.24, 2.45) is 7.05 Å². The molecule has 2 aromatic rings. The SMILES string of the molecule is Cn1ccc(CC(=O)c2csnn2)n1. The Labute approximate surface area is 84.5 Å². The van der Waals surface area contributed by atoms with Gasteiger partial charge in [0.15, 0.2) is 5.78 Å². The Bertz CT molecular complexity index is 434. The van der Waals surface area contributed by atoms with Crippen molar-refractivity contribution >= 4 is 17.3 Å². The summed E-state index contributed by atoms with van der Waals surface area (Å²) in [5.74, 6) is -0.0440. The van der Waals surface area contributed by atoms with Crippen LogP contribution < -0.4 is 0 Å². The number of carbonyl (C=O) groups excluding carboxylic acids is 1. The first kappa shape index (κ1) is 9.01. The Morgan fingerprint density at radius 2 is 2.50 bits per heavy atom. The van der Waals surface area contributed by atoms with Crippen molar-refractivity contribution in [3.05, 3.63) is 29.0 Å². The fourth-order valence-electron chi connectivity index (χ4n) is 1.10. The predicted octanol–water partition coefficient (Wildman–Crippen LogP) is 0.697. The number of Topliss-reactive ketones (excluding diaryl/α,β-unsaturated/α-hetero) is 1. The Morgan fingerprint density at radius 1 is 1.64 bits per heavy atom. The highest BCUT2D eigenvalue weighted by Crippen LogP contribution is 2.04. The van der Waals surface area contributed by atoms with Gasteiger partial charge in [0.1, 0.15) is 5.69 Å². The van der Waals surface area contributed by atoms with Gasteiger partial charge in [0, 0.05) is 18.6 Å². The molecule has 2 heterocycles. The highest BCUT2D eigenvalue weighted by Gasteiger charge is 2.11. The maximum absolute atomic E-state index is 11.5. The van der Waals surface area contributed by atoms with Crippen LogP contribution in [0.4, 0.5) is 0 Å². The number of nitrogens with zero attached hydrogens (tertiary/aromatic N) is 4. The van der Waals surface area contributed by atoms with E-state index in [4.69, 9.17) is 0 Å². The van der Waals surface area contributed by atoms with Crippen molar-refractivity contribution in [2.45, 2.75) is 6.42 Å². The zero-order chi connectivity index (χ0) is 9.97. The molecule has 14 heavy (non-hydrogen) atoms. The van der Waals surface area contributed by atoms with Gasteiger partial charge in [-0.05, 0) is 17.6 Å². The Hall–Kier alpha value is -1.56. The molecule has 0 aliphatic rings. The van der Waals surface area contributed by atoms with E-state index in [-0.39, 0.29) is 12.2 Å². The van der Waals surface area contributed by atoms with Gasteiger partial charge < -0.3 is 0 Å². The molecule has 0 aliphatic carbocycles. The fraction of sp³-hybridized carbons (Fsp3) is 0.250. The summed E-state index contributed by atoms with van der Waals surface area (Å²) < 4.78 is 5.30. The minimum atomic E-state index is -0.0440. The highest BCUT2D eigenvalue weighted by molar-refractivity contribution is 7.03. The zero-order valence-corrected chi connectivity index (χ0v) is 8.36. The molecule has 6 heteroatoms. The van der Waals surface area contributed by atoms with Gasteiger partial charge in [0.2, 0.25) is 0 Å². The summed E-state index contributed by atoms with van der Waals surface area (Å²) >= 11 is 1.18. The van der Waals surface area contributed by atoms with Crippen LogP contribution in [0.15, 0.2) is 17.6 Å². The monoisotopic (exact) mass is 208 g/mol. The normalized spacial score (nSPS) is 10.4. The largest absolute Gasteiger partial charge is 0.292 e. The first-order valence-electron chi connectivity index (χ1n) is 4.04. The van der Waals surface area contributed by atoms with Gasteiger partial charge in [-0.3, -0.25) is 9.48 Å². The standard InChI is InChI=1S/C8H8N4OS/c1-12-3-2-6(10-12)4-8(13)7-5-14-11-9-7/h2-3,5H,4H2,1H3. The molecule has 0 unspecified atom stereocenters. The molecule has 0 amide bonds. The topological polar surface area (TPSA) is 60.7 Å². The molecule has 2 rings (SSSR count). The summed E-state index contributed by atoms with van der Waals surface area (Å²) in [6, 6.07) is 1.82. The maximum atomic E-state index is 11.5. The highest BCUT2D eigenvalue weighted by atomic mass is 32.1. The van der Waals surface area contributed by atoms with Crippen molar-refractivity contribution in [3.63, 3.8) is 0 Å². The molecule has 0 atom stereocenters. The van der Waals surface area contributed by atoms with Crippen LogP contribution >= 0.6 is 11.5 Å². The molecule has 0 N–H and O–H groups in total. The third-order valence-corrected chi connectivity index (χ3v) is 2.26. The molecule has 0 aliphatic heterocycles. The maximum Gasteiger partial charge on any atom is 0.190 e. The van der Waals surface area contributed by atoms with Gasteiger partial charge in [0.05, 0.1) is 12.1 Å². The van der Waals surface area contributed by atoms with Gasteiger partial charge in [-0.2, -0.15) is 5.10 Å². The van der Waals surface area contributed by atoms with Gasteiger partial charge in [-0.25, -0.2) is 0 Å². The van der Waals surface area contributed by atoms with Crippen LogP contribution in [0.5, 0.6) is 0 Å². The number of ketones is 1. The summed E-state index contributed by atoms with van der Waals surface area (Å²) in [7, 11) is 1.82. The third kappa shape index (κ3) is 1.85. The van der Waals surface area contributed by atoms with Gasteiger partial charge in [-0.1, -0.05) is 4.49 Å². The van der Waals surface area contributed by atoms with E-state index in [1.54, 1.807) is 10.1 Å². The average molecular weight is 208 g/mol. The number of aryl methyl sites for hydroxylation is 1. The van der Waals surface area contributed by atoms with Crippen molar-refractivity contribution < 1.29 is 4.79 Å². The first-order valence-corrected chi connectivity index (χ1v) is 4.88. The molecule has 5 nitrogen and oxygen atoms in total. The van der Waals surface area contributed by atoms with E-state index < -0.39 is 0 Å². The summed E-state index contributed by atoms with van der Waals surface area (Å²) in [5, 5.41) is 9.46. The molecule has 0 spiro atoms. The van der Waals surface area contributed by atoms with E-state index in [1.165, 1.54) is 11.5 Å². The second-order valence-electron chi connectivity index (χ2n) is 2.87. The molecule has 2 aromatic heterocycles. The van der Waals surface area contributed by atoms with Crippen LogP contribution in [-0.2, 0) is 13.5 Å². The Balaban J connectivity index is 2.09. The molecule has 0 fully saturated rings. The Kier molecular flexibility index (Phi) is 2.36. The lowest BCUT2D eigenvalue weighted by Gasteiger charge is -1.91. The van der Waals surface area contributed by atoms with E-state index >= 15 is 0 Å². The number of carbonyl (C=O) groups is 1. The second-order valence-corrected chi connectivity index (χ2v) is 3.48. The van der Waals surface area contributed by atoms with Crippen molar-refractivity contribution in [1.29, 1.82) is 0 Å². The lowest BCUT2D eigenvalue weighted by molar-refractivity contribution is 0.0987. The van der Waals surface area contributed by atoms with Crippen LogP contribution in [0.3, 0.4) is 0 Å². The molecule has 0 aromatic carbocycles. The quantitative estimate of drug-likeness (QED) is 0.696. The second kappa shape index (κ2) is 3.67. The molecule has 0 radical (unpaired) electrons. The van der Waals surface area contributed by atoms with Crippen molar-refractivity contribution in [2.75, 3.05) is 0 Å². The Morgan fingerprint density at radius 3 is 3.07 bits per heavy atom. The van der Waals surface area contributed by atoms with Crippen LogP contribution in [0.25, 0.3) is 0 Å². The fourth-order valence-corrected chi connectivity index (χ4v) is 1.56. The van der Waals surface area contributed by atoms with Crippen LogP contribution in [-0.4, -0.2) is 25.2 Å². The van der Waals surface area contributed by atoms with E-state index in [0.29, 0.717) is 5.69 Å². The molecular weight excluding hydrogens is 200 g/mol. The third-order valence-electron chi connectivity index (χ3n) is 1.76. The van der Waals surface area contributed by atoms with Crippen molar-refractivity contribution in [3.8, 4) is 0 Å². The lowest BCUT2D eigenvalue weighted by Crippen LogP contribution is -2.05. The summed E-state index contributed by atoms with van der Waals surface area (Å²) in [6.07, 6.45) is 2.09. The van der Waals surface area contributed by atoms with Crippen LogP contribution in [0, 0.1) is 0 Å². The molecular formula is C8H8N4OS. The number of hydrogen-bond acceptors (Lipinski definition) is 5. The minimum absolute atomic E-state index is 0.0440. The zero-order valence-electron chi connectivity index (χ0n) is 7.54. The average Bonchev–Trinajstić information content (AvgIpc) is 2.75. The van der Waals surface area contributed by atoms with Gasteiger partial charge in [-0.15, -0.1) is 5.10 Å². The van der Waals surface area contributed by atoms with Gasteiger partial charge >= 0.3 is 0 Å². The van der Waals surface area contributed by atoms with Gasteiger partial charge in [0.25, 0.3) is 0 Å². The van der Waals surface area contributed by atoms with E-state index in [0.717, 1.165) is 5.69 Å². The number of hydrogen-bond donors (Lipinski definition) is 0.